The van der Waals surface area contributed by atoms with Gasteiger partial charge in [-0.3, -0.25) is 5.32 Å². The molecule has 4 aromatic rings. The first-order chi connectivity index (χ1) is 18.2. The fraction of sp³-hybridized carbons (Fsp3) is 0.250. The van der Waals surface area contributed by atoms with Crippen molar-refractivity contribution in [3.05, 3.63) is 65.7 Å². The number of carbonyl (C=O) groups is 1. The van der Waals surface area contributed by atoms with Gasteiger partial charge in [0.2, 0.25) is 0 Å². The molecule has 3 heterocycles. The zero-order valence-corrected chi connectivity index (χ0v) is 20.2. The van der Waals surface area contributed by atoms with Crippen LogP contribution in [0.3, 0.4) is 0 Å². The Kier molecular flexibility index (Phi) is 8.05. The van der Waals surface area contributed by atoms with Crippen LogP contribution < -0.4 is 21.7 Å². The number of rotatable bonds is 9. The van der Waals surface area contributed by atoms with Crippen molar-refractivity contribution in [1.29, 1.82) is 0 Å². The van der Waals surface area contributed by atoms with E-state index in [9.17, 15) is 18.0 Å². The number of nitrogens with one attached hydrogen (secondary N) is 3. The van der Waals surface area contributed by atoms with Gasteiger partial charge in [-0.25, -0.2) is 19.3 Å². The van der Waals surface area contributed by atoms with Gasteiger partial charge in [-0.05, 0) is 29.8 Å². The number of ether oxygens (including phenoxy) is 1. The van der Waals surface area contributed by atoms with Crippen LogP contribution in [0.15, 0.2) is 48.9 Å². The van der Waals surface area contributed by atoms with E-state index in [1.807, 2.05) is 0 Å². The van der Waals surface area contributed by atoms with Crippen LogP contribution in [-0.2, 0) is 24.1 Å². The molecule has 6 N–H and O–H groups in total. The number of aliphatic hydroxyl groups excluding tert-OH is 1. The average molecular weight is 531 g/mol. The standard InChI is InChI=1S/C24H25F3N8O3/c1-38-12-17-18(11-29-8-9-36)35-21(22(28)31-13-32-35)20(17)14-2-4-16(5-3-14)33-23(37)34-19-10-15(6-7-30-19)24(25,26)27/h2-7,10,13,29,36H,8-9,11-12H2,1H3,(H2,28,31,32)(H2,30,33,34,37). The Labute approximate surface area is 214 Å². The first kappa shape index (κ1) is 26.8. The second-order valence-corrected chi connectivity index (χ2v) is 8.12. The number of amides is 2. The van der Waals surface area contributed by atoms with Gasteiger partial charge in [0, 0.05) is 43.2 Å². The molecule has 0 aliphatic heterocycles. The van der Waals surface area contributed by atoms with Crippen molar-refractivity contribution in [3.63, 3.8) is 0 Å². The summed E-state index contributed by atoms with van der Waals surface area (Å²) in [6.07, 6.45) is -2.24. The number of methoxy groups -OCH3 is 1. The number of pyridine rings is 1. The van der Waals surface area contributed by atoms with Gasteiger partial charge in [0.05, 0.1) is 24.5 Å². The van der Waals surface area contributed by atoms with Crippen molar-refractivity contribution in [2.75, 3.05) is 36.6 Å². The summed E-state index contributed by atoms with van der Waals surface area (Å²) in [4.78, 5) is 20.2. The maximum absolute atomic E-state index is 12.9. The van der Waals surface area contributed by atoms with Crippen molar-refractivity contribution in [1.82, 2.24) is 24.9 Å². The number of alkyl halides is 3. The largest absolute Gasteiger partial charge is 0.416 e. The second kappa shape index (κ2) is 11.4. The number of nitrogens with two attached hydrogens (primary N) is 1. The molecule has 200 valence electrons. The molecule has 0 aliphatic carbocycles. The lowest BCUT2D eigenvalue weighted by molar-refractivity contribution is -0.137. The zero-order chi connectivity index (χ0) is 27.3. The van der Waals surface area contributed by atoms with Gasteiger partial charge in [0.25, 0.3) is 0 Å². The van der Waals surface area contributed by atoms with E-state index in [1.54, 1.807) is 35.9 Å². The van der Waals surface area contributed by atoms with Gasteiger partial charge < -0.3 is 26.2 Å². The predicted molar refractivity (Wildman–Crippen MR) is 134 cm³/mol. The van der Waals surface area contributed by atoms with Crippen LogP contribution in [0.1, 0.15) is 16.8 Å². The highest BCUT2D eigenvalue weighted by molar-refractivity contribution is 5.99. The summed E-state index contributed by atoms with van der Waals surface area (Å²) in [6, 6.07) is 7.59. The van der Waals surface area contributed by atoms with Crippen LogP contribution >= 0.6 is 0 Å². The topological polar surface area (TPSA) is 152 Å². The molecule has 0 aliphatic rings. The van der Waals surface area contributed by atoms with Crippen LogP contribution in [0.25, 0.3) is 16.6 Å². The number of nitrogens with zero attached hydrogens (tertiary/aromatic N) is 4. The lowest BCUT2D eigenvalue weighted by atomic mass is 10.0. The number of urea groups is 1. The highest BCUT2D eigenvalue weighted by Crippen LogP contribution is 2.36. The minimum atomic E-state index is -4.56. The molecule has 11 nitrogen and oxygen atoms in total. The molecule has 38 heavy (non-hydrogen) atoms. The molecule has 14 heteroatoms. The quantitative estimate of drug-likeness (QED) is 0.207. The van der Waals surface area contributed by atoms with Gasteiger partial charge in [0.1, 0.15) is 17.7 Å². The molecule has 0 saturated heterocycles. The normalized spacial score (nSPS) is 11.6. The summed E-state index contributed by atoms with van der Waals surface area (Å²) in [6.45, 7) is 0.994. The molecular weight excluding hydrogens is 505 g/mol. The van der Waals surface area contributed by atoms with E-state index < -0.39 is 17.8 Å². The summed E-state index contributed by atoms with van der Waals surface area (Å²) in [7, 11) is 1.57. The van der Waals surface area contributed by atoms with Crippen LogP contribution in [0.4, 0.5) is 35.3 Å². The van der Waals surface area contributed by atoms with E-state index in [0.717, 1.165) is 40.7 Å². The molecule has 0 bridgehead atoms. The van der Waals surface area contributed by atoms with Crippen LogP contribution in [0.2, 0.25) is 0 Å². The van der Waals surface area contributed by atoms with Crippen molar-refractivity contribution < 1.29 is 27.8 Å². The number of halogens is 3. The number of fused-ring (bicyclic) bond motifs is 1. The third-order valence-corrected chi connectivity index (χ3v) is 5.59. The maximum Gasteiger partial charge on any atom is 0.416 e. The summed E-state index contributed by atoms with van der Waals surface area (Å²) >= 11 is 0. The SMILES string of the molecule is COCc1c(-c2ccc(NC(=O)Nc3cc(C(F)(F)F)ccn3)cc2)c2c(N)ncnn2c1CNCCO. The smallest absolute Gasteiger partial charge is 0.395 e. The van der Waals surface area contributed by atoms with Crippen molar-refractivity contribution in [2.24, 2.45) is 0 Å². The lowest BCUT2D eigenvalue weighted by Crippen LogP contribution is -2.20. The van der Waals surface area contributed by atoms with Crippen molar-refractivity contribution in [2.45, 2.75) is 19.3 Å². The lowest BCUT2D eigenvalue weighted by Gasteiger charge is -2.11. The molecule has 0 unspecified atom stereocenters. The number of aromatic nitrogens is 4. The number of aliphatic hydroxyl groups is 1. The van der Waals surface area contributed by atoms with Gasteiger partial charge in [0.15, 0.2) is 5.82 Å². The molecule has 4 rings (SSSR count). The Bertz CT molecular complexity index is 1420. The number of carbonyl (C=O) groups excluding carboxylic acids is 1. The second-order valence-electron chi connectivity index (χ2n) is 8.12. The van der Waals surface area contributed by atoms with E-state index in [0.29, 0.717) is 24.3 Å². The van der Waals surface area contributed by atoms with E-state index in [1.165, 1.54) is 6.33 Å². The predicted octanol–water partition coefficient (Wildman–Crippen LogP) is 3.26. The summed E-state index contributed by atoms with van der Waals surface area (Å²) in [5.41, 5.74) is 9.36. The highest BCUT2D eigenvalue weighted by atomic mass is 19.4. The Morgan fingerprint density at radius 3 is 2.61 bits per heavy atom. The van der Waals surface area contributed by atoms with Crippen molar-refractivity contribution >= 4 is 28.9 Å². The third-order valence-electron chi connectivity index (χ3n) is 5.59. The number of benzene rings is 1. The molecule has 0 atom stereocenters. The Morgan fingerprint density at radius 2 is 1.92 bits per heavy atom. The third kappa shape index (κ3) is 5.82. The molecule has 0 fully saturated rings. The molecule has 0 spiro atoms. The summed E-state index contributed by atoms with van der Waals surface area (Å²) in [5, 5.41) is 21.5. The first-order valence-electron chi connectivity index (χ1n) is 11.4. The monoisotopic (exact) mass is 530 g/mol. The summed E-state index contributed by atoms with van der Waals surface area (Å²) < 4.78 is 45.9. The molecule has 2 amide bonds. The molecular formula is C24H25F3N8O3. The van der Waals surface area contributed by atoms with Gasteiger partial charge >= 0.3 is 12.2 Å². The number of anilines is 3. The fourth-order valence-corrected chi connectivity index (χ4v) is 3.97. The Morgan fingerprint density at radius 1 is 1.16 bits per heavy atom. The van der Waals surface area contributed by atoms with Gasteiger partial charge in [-0.15, -0.1) is 0 Å². The van der Waals surface area contributed by atoms with Crippen LogP contribution in [0, 0.1) is 0 Å². The average Bonchev–Trinajstić information content (AvgIpc) is 3.19. The molecule has 3 aromatic heterocycles. The molecule has 1 aromatic carbocycles. The first-order valence-corrected chi connectivity index (χ1v) is 11.4. The highest BCUT2D eigenvalue weighted by Gasteiger charge is 2.31. The number of hydrogen-bond acceptors (Lipinski definition) is 8. The van der Waals surface area contributed by atoms with E-state index >= 15 is 0 Å². The zero-order valence-electron chi connectivity index (χ0n) is 20.2. The number of hydrogen-bond donors (Lipinski definition) is 5. The van der Waals surface area contributed by atoms with Gasteiger partial charge in [-0.1, -0.05) is 12.1 Å². The van der Waals surface area contributed by atoms with Crippen molar-refractivity contribution in [3.8, 4) is 11.1 Å². The summed E-state index contributed by atoms with van der Waals surface area (Å²) in [5.74, 6) is 0.0205. The minimum Gasteiger partial charge on any atom is -0.395 e. The van der Waals surface area contributed by atoms with E-state index in [2.05, 4.69) is 31.0 Å². The van der Waals surface area contributed by atoms with E-state index in [-0.39, 0.29) is 24.8 Å². The molecule has 0 radical (unpaired) electrons. The number of nitrogen functional groups attached to an aromatic ring is 1. The minimum absolute atomic E-state index is 0.0290. The Balaban J connectivity index is 1.60. The van der Waals surface area contributed by atoms with Crippen LogP contribution in [-0.4, -0.2) is 51.0 Å². The fourth-order valence-electron chi connectivity index (χ4n) is 3.97. The molecule has 0 saturated carbocycles. The maximum atomic E-state index is 12.9. The van der Waals surface area contributed by atoms with Crippen LogP contribution in [0.5, 0.6) is 0 Å². The Hall–Kier alpha value is -4.27. The van der Waals surface area contributed by atoms with Gasteiger partial charge in [-0.2, -0.15) is 18.3 Å². The van der Waals surface area contributed by atoms with E-state index in [4.69, 9.17) is 15.6 Å².